The third kappa shape index (κ3) is 3.62. The van der Waals surface area contributed by atoms with Crippen molar-refractivity contribution in [3.8, 4) is 0 Å². The number of thiazole rings is 1. The molecule has 1 heterocycles. The van der Waals surface area contributed by atoms with Crippen LogP contribution in [0.5, 0.6) is 0 Å². The van der Waals surface area contributed by atoms with Gasteiger partial charge in [-0.3, -0.25) is 0 Å². The van der Waals surface area contributed by atoms with Crippen LogP contribution in [0, 0.1) is 0 Å². The first-order valence-corrected chi connectivity index (χ1v) is 8.96. The van der Waals surface area contributed by atoms with Crippen LogP contribution >= 0.6 is 11.3 Å². The van der Waals surface area contributed by atoms with Crippen LogP contribution in [0.15, 0.2) is 23.6 Å². The molecule has 1 aliphatic rings. The zero-order chi connectivity index (χ0) is 16.4. The highest BCUT2D eigenvalue weighted by molar-refractivity contribution is 7.09. The Morgan fingerprint density at radius 1 is 1.48 bits per heavy atom. The summed E-state index contributed by atoms with van der Waals surface area (Å²) in [5, 5.41) is 16.0. The number of benzene rings is 1. The van der Waals surface area contributed by atoms with Crippen molar-refractivity contribution in [2.75, 3.05) is 0 Å². The zero-order valence-electron chi connectivity index (χ0n) is 13.5. The number of carboxylic acid groups (broad SMARTS) is 1. The van der Waals surface area contributed by atoms with E-state index in [1.54, 1.807) is 17.4 Å². The van der Waals surface area contributed by atoms with Crippen molar-refractivity contribution in [1.82, 2.24) is 10.3 Å². The van der Waals surface area contributed by atoms with Gasteiger partial charge in [0, 0.05) is 23.9 Å². The number of rotatable bonds is 5. The predicted octanol–water partition coefficient (Wildman–Crippen LogP) is 4.13. The van der Waals surface area contributed by atoms with Gasteiger partial charge in [-0.15, -0.1) is 11.3 Å². The molecule has 0 saturated carbocycles. The molecule has 0 radical (unpaired) electrons. The second-order valence-electron chi connectivity index (χ2n) is 6.38. The fourth-order valence-electron chi connectivity index (χ4n) is 3.06. The molecule has 1 atom stereocenters. The topological polar surface area (TPSA) is 62.2 Å². The Balaban J connectivity index is 1.71. The number of aromatic carboxylic acids is 1. The summed E-state index contributed by atoms with van der Waals surface area (Å²) in [6.07, 6.45) is 3.13. The summed E-state index contributed by atoms with van der Waals surface area (Å²) in [4.78, 5) is 15.8. The summed E-state index contributed by atoms with van der Waals surface area (Å²) in [5.74, 6) is -0.384. The lowest BCUT2D eigenvalue weighted by atomic mass is 9.86. The van der Waals surface area contributed by atoms with Gasteiger partial charge in [-0.1, -0.05) is 19.9 Å². The van der Waals surface area contributed by atoms with E-state index in [1.807, 2.05) is 12.1 Å². The van der Waals surface area contributed by atoms with Gasteiger partial charge in [0.25, 0.3) is 0 Å². The van der Waals surface area contributed by atoms with Crippen LogP contribution in [0.1, 0.15) is 70.8 Å². The fraction of sp³-hybridized carbons (Fsp3) is 0.444. The van der Waals surface area contributed by atoms with Crippen molar-refractivity contribution in [3.05, 3.63) is 51.0 Å². The van der Waals surface area contributed by atoms with E-state index >= 15 is 0 Å². The summed E-state index contributed by atoms with van der Waals surface area (Å²) < 4.78 is 0. The smallest absolute Gasteiger partial charge is 0.335 e. The standard InChI is InChI=1S/C18H22N2O2S/c1-11(2)17-20-14(10-23-17)9-19-16-5-3-4-12-8-13(18(21)22)6-7-15(12)16/h6-8,10-11,16,19H,3-5,9H2,1-2H3,(H,21,22). The SMILES string of the molecule is CC(C)c1nc(CNC2CCCc3cc(C(=O)O)ccc32)cs1. The number of fused-ring (bicyclic) bond motifs is 1. The number of aryl methyl sites for hydroxylation is 1. The average Bonchev–Trinajstić information content (AvgIpc) is 3.01. The monoisotopic (exact) mass is 330 g/mol. The lowest BCUT2D eigenvalue weighted by Crippen LogP contribution is -2.25. The second kappa shape index (κ2) is 6.81. The minimum atomic E-state index is -0.855. The maximum absolute atomic E-state index is 11.1. The maximum atomic E-state index is 11.1. The van der Waals surface area contributed by atoms with Gasteiger partial charge in [-0.2, -0.15) is 0 Å². The fourth-order valence-corrected chi connectivity index (χ4v) is 3.89. The van der Waals surface area contributed by atoms with E-state index in [2.05, 4.69) is 29.5 Å². The molecule has 0 spiro atoms. The molecule has 2 aromatic rings. The van der Waals surface area contributed by atoms with Crippen LogP contribution in [0.2, 0.25) is 0 Å². The average molecular weight is 330 g/mol. The van der Waals surface area contributed by atoms with Crippen molar-refractivity contribution in [2.45, 2.75) is 51.6 Å². The summed E-state index contributed by atoms with van der Waals surface area (Å²) in [6.45, 7) is 5.08. The van der Waals surface area contributed by atoms with Crippen LogP contribution in [-0.4, -0.2) is 16.1 Å². The molecular formula is C18H22N2O2S. The molecule has 1 aromatic carbocycles. The number of nitrogens with zero attached hydrogens (tertiary/aromatic N) is 1. The van der Waals surface area contributed by atoms with E-state index in [0.717, 1.165) is 37.1 Å². The highest BCUT2D eigenvalue weighted by atomic mass is 32.1. The lowest BCUT2D eigenvalue weighted by molar-refractivity contribution is 0.0696. The Labute approximate surface area is 140 Å². The molecule has 1 aromatic heterocycles. The van der Waals surface area contributed by atoms with E-state index < -0.39 is 5.97 Å². The molecular weight excluding hydrogens is 308 g/mol. The van der Waals surface area contributed by atoms with E-state index in [-0.39, 0.29) is 6.04 Å². The van der Waals surface area contributed by atoms with Gasteiger partial charge in [0.05, 0.1) is 16.3 Å². The molecule has 0 saturated heterocycles. The predicted molar refractivity (Wildman–Crippen MR) is 92.1 cm³/mol. The van der Waals surface area contributed by atoms with Gasteiger partial charge >= 0.3 is 5.97 Å². The summed E-state index contributed by atoms with van der Waals surface area (Å²) in [7, 11) is 0. The lowest BCUT2D eigenvalue weighted by Gasteiger charge is -2.26. The molecule has 122 valence electrons. The molecule has 23 heavy (non-hydrogen) atoms. The number of hydrogen-bond donors (Lipinski definition) is 2. The molecule has 1 unspecified atom stereocenters. The summed E-state index contributed by atoms with van der Waals surface area (Å²) in [6, 6.07) is 5.79. The Hall–Kier alpha value is -1.72. The molecule has 4 nitrogen and oxygen atoms in total. The van der Waals surface area contributed by atoms with E-state index in [4.69, 9.17) is 5.11 Å². The zero-order valence-corrected chi connectivity index (χ0v) is 14.3. The summed E-state index contributed by atoms with van der Waals surface area (Å²) >= 11 is 1.72. The molecule has 3 rings (SSSR count). The minimum Gasteiger partial charge on any atom is -0.478 e. The Kier molecular flexibility index (Phi) is 4.78. The molecule has 0 fully saturated rings. The van der Waals surface area contributed by atoms with Crippen LogP contribution in [0.4, 0.5) is 0 Å². The van der Waals surface area contributed by atoms with Crippen LogP contribution < -0.4 is 5.32 Å². The first-order valence-electron chi connectivity index (χ1n) is 8.08. The number of carboxylic acids is 1. The van der Waals surface area contributed by atoms with Gasteiger partial charge in [0.15, 0.2) is 0 Å². The molecule has 5 heteroatoms. The number of nitrogens with one attached hydrogen (secondary N) is 1. The molecule has 0 bridgehead atoms. The van der Waals surface area contributed by atoms with Crippen molar-refractivity contribution in [1.29, 1.82) is 0 Å². The highest BCUT2D eigenvalue weighted by Gasteiger charge is 2.21. The van der Waals surface area contributed by atoms with Crippen LogP contribution in [0.3, 0.4) is 0 Å². The first-order chi connectivity index (χ1) is 11.0. The van der Waals surface area contributed by atoms with Crippen LogP contribution in [-0.2, 0) is 13.0 Å². The Morgan fingerprint density at radius 3 is 3.00 bits per heavy atom. The molecule has 0 aliphatic heterocycles. The Bertz CT molecular complexity index is 709. The minimum absolute atomic E-state index is 0.283. The second-order valence-corrected chi connectivity index (χ2v) is 7.27. The normalized spacial score (nSPS) is 17.3. The number of hydrogen-bond acceptors (Lipinski definition) is 4. The van der Waals surface area contributed by atoms with E-state index in [1.165, 1.54) is 10.6 Å². The summed E-state index contributed by atoms with van der Waals surface area (Å²) in [5.41, 5.74) is 3.87. The number of carbonyl (C=O) groups is 1. The van der Waals surface area contributed by atoms with E-state index in [0.29, 0.717) is 11.5 Å². The van der Waals surface area contributed by atoms with Crippen molar-refractivity contribution >= 4 is 17.3 Å². The third-order valence-electron chi connectivity index (χ3n) is 4.30. The maximum Gasteiger partial charge on any atom is 0.335 e. The highest BCUT2D eigenvalue weighted by Crippen LogP contribution is 2.31. The number of aromatic nitrogens is 1. The van der Waals surface area contributed by atoms with Gasteiger partial charge < -0.3 is 10.4 Å². The third-order valence-corrected chi connectivity index (χ3v) is 5.49. The Morgan fingerprint density at radius 2 is 2.30 bits per heavy atom. The van der Waals surface area contributed by atoms with Crippen molar-refractivity contribution in [3.63, 3.8) is 0 Å². The van der Waals surface area contributed by atoms with Crippen LogP contribution in [0.25, 0.3) is 0 Å². The van der Waals surface area contributed by atoms with Gasteiger partial charge in [-0.25, -0.2) is 9.78 Å². The van der Waals surface area contributed by atoms with Gasteiger partial charge in [0.2, 0.25) is 0 Å². The quantitative estimate of drug-likeness (QED) is 0.865. The molecule has 2 N–H and O–H groups in total. The first kappa shape index (κ1) is 16.1. The van der Waals surface area contributed by atoms with E-state index in [9.17, 15) is 4.79 Å². The van der Waals surface area contributed by atoms with Crippen molar-refractivity contribution < 1.29 is 9.90 Å². The molecule has 0 amide bonds. The van der Waals surface area contributed by atoms with Gasteiger partial charge in [0.1, 0.15) is 0 Å². The largest absolute Gasteiger partial charge is 0.478 e. The van der Waals surface area contributed by atoms with Gasteiger partial charge in [-0.05, 0) is 42.5 Å². The molecule has 1 aliphatic carbocycles. The van der Waals surface area contributed by atoms with Crippen molar-refractivity contribution in [2.24, 2.45) is 0 Å².